The Morgan fingerprint density at radius 2 is 0.897 bits per heavy atom. The van der Waals surface area contributed by atoms with Crippen molar-refractivity contribution in [2.24, 2.45) is 0 Å². The number of methoxy groups -OCH3 is 2. The number of aromatic nitrogens is 4. The van der Waals surface area contributed by atoms with Crippen molar-refractivity contribution in [3.05, 3.63) is 151 Å². The highest BCUT2D eigenvalue weighted by Gasteiger charge is 2.54. The number of ether oxygens (including phenoxy) is 4. The molecule has 10 heterocycles. The van der Waals surface area contributed by atoms with E-state index in [0.717, 1.165) is 24.3 Å². The van der Waals surface area contributed by atoms with Gasteiger partial charge in [0.25, 0.3) is 22.9 Å². The molecule has 0 radical (unpaired) electrons. The molecule has 0 unspecified atom stereocenters. The van der Waals surface area contributed by atoms with Crippen LogP contribution in [0.3, 0.4) is 0 Å². The largest absolute Gasteiger partial charge is 0.496 e. The maximum Gasteiger partial charge on any atom is 0.410 e. The normalized spacial score (nSPS) is 19.1. The van der Waals surface area contributed by atoms with Gasteiger partial charge in [0, 0.05) is 74.5 Å². The standard InChI is InChI=1S/C40H45F3N6O5.C39H43F3N6O5/c1-20(2)32-33(21(3)13-14-44-32)49-34-24(15-26(42)30(31(34)43)29-25(41)11-10-12-28(29)53-9)35-36(38(49)51)48(23-17-45(8)18-23)37(50)27-19-46(22(4)16-47(27)35)39(52)54-40(5,6)7;1-19(2)31-32(20(3)12-13-44-31)48-33-23(14-25(41)29(30(33)42)28-24(40)10-9-11-27(28)52-8)34-35(37(48)50)47(22-15-43-16-22)36(49)26-18-45(21(4)17-46(26)34)38(51)53-39(5,6)7/h10-15,20,22-23,27H,16-19H2,1-9H3;9-14,19,21-22,26,43H,15-18H2,1-8H3/t22-,27-;21-,26-/m11/s1. The summed E-state index contributed by atoms with van der Waals surface area (Å²) in [6.07, 6.45) is 1.99. The summed E-state index contributed by atoms with van der Waals surface area (Å²) < 4.78 is 125. The number of amides is 4. The number of aryl methyl sites for hydroxylation is 2. The van der Waals surface area contributed by atoms with Gasteiger partial charge >= 0.3 is 12.2 Å². The lowest BCUT2D eigenvalue weighted by Gasteiger charge is -2.53. The number of halogens is 6. The predicted octanol–water partition coefficient (Wildman–Crippen LogP) is 12.4. The summed E-state index contributed by atoms with van der Waals surface area (Å²) in [4.78, 5) is 108. The van der Waals surface area contributed by atoms with Gasteiger partial charge in [0.1, 0.15) is 69.4 Å². The van der Waals surface area contributed by atoms with E-state index >= 15 is 35.9 Å². The molecule has 0 bridgehead atoms. The Hall–Kier alpha value is -10.2. The molecule has 0 saturated carbocycles. The average molecular weight is 1480 g/mol. The van der Waals surface area contributed by atoms with Crippen molar-refractivity contribution < 1.29 is 64.5 Å². The highest BCUT2D eigenvalue weighted by atomic mass is 19.2. The highest BCUT2D eigenvalue weighted by Crippen LogP contribution is 2.51. The van der Waals surface area contributed by atoms with Crippen LogP contribution in [0.5, 0.6) is 11.5 Å². The monoisotopic (exact) mass is 1480 g/mol. The zero-order valence-electron chi connectivity index (χ0n) is 63.0. The van der Waals surface area contributed by atoms with Crippen LogP contribution in [0.25, 0.3) is 55.4 Å². The van der Waals surface area contributed by atoms with Crippen LogP contribution in [0.4, 0.5) is 58.7 Å². The predicted molar refractivity (Wildman–Crippen MR) is 396 cm³/mol. The summed E-state index contributed by atoms with van der Waals surface area (Å²) in [7, 11) is 4.44. The lowest BCUT2D eigenvalue weighted by Crippen LogP contribution is -2.71. The molecular formula is C79H88F6N12O10. The number of rotatable bonds is 10. The molecule has 566 valence electrons. The van der Waals surface area contributed by atoms with Gasteiger partial charge in [-0.05, 0) is 148 Å². The zero-order valence-corrected chi connectivity index (χ0v) is 63.0. The number of nitrogens with zero attached hydrogens (tertiary/aromatic N) is 11. The lowest BCUT2D eigenvalue weighted by molar-refractivity contribution is -0.123. The maximum absolute atomic E-state index is 17.7. The molecule has 8 aromatic rings. The summed E-state index contributed by atoms with van der Waals surface area (Å²) in [5.41, 5.74) is -2.99. The summed E-state index contributed by atoms with van der Waals surface area (Å²) in [5, 5.41) is 3.16. The van der Waals surface area contributed by atoms with Crippen LogP contribution in [0.1, 0.15) is 117 Å². The zero-order chi connectivity index (χ0) is 77.4. The third-order valence-electron chi connectivity index (χ3n) is 20.7. The van der Waals surface area contributed by atoms with E-state index in [1.54, 1.807) is 104 Å². The molecule has 6 aliphatic rings. The molecule has 4 aromatic carbocycles. The smallest absolute Gasteiger partial charge is 0.410 e. The second-order valence-corrected chi connectivity index (χ2v) is 31.1. The SMILES string of the molecule is COc1cccc(F)c1-c1c(F)cc2c3c(c(=O)n(-c4c(C)ccnc4C(C)C)c2c1F)N(C1CN(C)C1)C(=O)[C@H]1CN(C(=O)OC(C)(C)C)[C@H](C)CN31.COc1cccc(F)c1-c1c(F)cc2c3c(c(=O)n(-c4c(C)ccnc4C(C)C)c2c1F)N(C1CNC1)C(=O)[C@H]1CN(C(=O)OC(C)(C)C)[C@H](C)CN31. The van der Waals surface area contributed by atoms with Crippen molar-refractivity contribution in [1.82, 2.24) is 39.1 Å². The van der Waals surface area contributed by atoms with Crippen molar-refractivity contribution >= 4 is 68.6 Å². The summed E-state index contributed by atoms with van der Waals surface area (Å²) in [6, 6.07) is 9.34. The van der Waals surface area contributed by atoms with Gasteiger partial charge in [-0.25, -0.2) is 35.9 Å². The van der Waals surface area contributed by atoms with E-state index in [4.69, 9.17) is 18.9 Å². The Labute approximate surface area is 615 Å². The van der Waals surface area contributed by atoms with Crippen molar-refractivity contribution in [1.29, 1.82) is 0 Å². The fourth-order valence-electron chi connectivity index (χ4n) is 15.8. The van der Waals surface area contributed by atoms with E-state index in [1.807, 2.05) is 39.6 Å². The molecule has 1 N–H and O–H groups in total. The van der Waals surface area contributed by atoms with Crippen molar-refractivity contribution in [2.75, 3.05) is 93.2 Å². The quantitative estimate of drug-likeness (QED) is 0.126. The molecule has 28 heteroatoms. The summed E-state index contributed by atoms with van der Waals surface area (Å²) in [6.45, 7) is 26.7. The Balaban J connectivity index is 0.000000189. The van der Waals surface area contributed by atoms with E-state index < -0.39 is 140 Å². The molecule has 0 aliphatic carbocycles. The van der Waals surface area contributed by atoms with E-state index in [-0.39, 0.29) is 105 Å². The fraction of sp³-hybridized carbons (Fsp3) is 0.443. The first-order chi connectivity index (χ1) is 50.5. The number of carbonyl (C=O) groups excluding carboxylic acids is 4. The van der Waals surface area contributed by atoms with Crippen LogP contribution in [0.2, 0.25) is 0 Å². The molecule has 0 spiro atoms. The van der Waals surface area contributed by atoms with Crippen LogP contribution < -0.4 is 45.5 Å². The average Bonchev–Trinajstić information content (AvgIpc) is 0.699. The second-order valence-electron chi connectivity index (χ2n) is 31.1. The first-order valence-corrected chi connectivity index (χ1v) is 35.9. The Bertz CT molecular complexity index is 5120. The number of pyridine rings is 4. The van der Waals surface area contributed by atoms with E-state index in [9.17, 15) is 19.2 Å². The first kappa shape index (κ1) is 75.0. The van der Waals surface area contributed by atoms with Gasteiger partial charge in [0.05, 0.1) is 107 Å². The molecule has 4 amide bonds. The van der Waals surface area contributed by atoms with Gasteiger partial charge < -0.3 is 48.8 Å². The van der Waals surface area contributed by atoms with Crippen LogP contribution >= 0.6 is 0 Å². The second kappa shape index (κ2) is 27.8. The third kappa shape index (κ3) is 12.7. The first-order valence-electron chi connectivity index (χ1n) is 35.9. The molecule has 4 aromatic heterocycles. The summed E-state index contributed by atoms with van der Waals surface area (Å²) >= 11 is 0. The van der Waals surface area contributed by atoms with Gasteiger partial charge in [-0.2, -0.15) is 0 Å². The minimum absolute atomic E-state index is 0.000633. The number of nitrogens with one attached hydrogen (secondary N) is 1. The maximum atomic E-state index is 17.7. The number of fused-ring (bicyclic) bond motifs is 10. The van der Waals surface area contributed by atoms with Gasteiger partial charge in [0.15, 0.2) is 11.6 Å². The molecule has 22 nitrogen and oxygen atoms in total. The molecule has 4 atom stereocenters. The molecular weight excluding hydrogens is 1390 g/mol. The van der Waals surface area contributed by atoms with Gasteiger partial charge in [-0.1, -0.05) is 39.8 Å². The number of anilines is 4. The third-order valence-corrected chi connectivity index (χ3v) is 20.7. The van der Waals surface area contributed by atoms with Crippen LogP contribution in [0, 0.1) is 48.8 Å². The Kier molecular flexibility index (Phi) is 19.5. The van der Waals surface area contributed by atoms with E-state index in [0.29, 0.717) is 48.7 Å². The minimum atomic E-state index is -1.19. The van der Waals surface area contributed by atoms with Crippen molar-refractivity contribution in [2.45, 2.75) is 156 Å². The topological polar surface area (TPSA) is 210 Å². The Morgan fingerprint density at radius 1 is 0.514 bits per heavy atom. The molecule has 14 rings (SSSR count). The van der Waals surface area contributed by atoms with Gasteiger partial charge in [-0.3, -0.25) is 48.1 Å². The number of carbonyl (C=O) groups is 4. The highest BCUT2D eigenvalue weighted by molar-refractivity contribution is 6.15. The number of hydrogen-bond acceptors (Lipinski definition) is 16. The van der Waals surface area contributed by atoms with Crippen LogP contribution in [0.15, 0.2) is 82.6 Å². The Morgan fingerprint density at radius 3 is 1.23 bits per heavy atom. The number of likely N-dealkylation sites (tertiary alicyclic amines) is 1. The van der Waals surface area contributed by atoms with Crippen molar-refractivity contribution in [3.8, 4) is 45.1 Å². The van der Waals surface area contributed by atoms with Crippen LogP contribution in [-0.2, 0) is 19.1 Å². The fourth-order valence-corrected chi connectivity index (χ4v) is 15.8. The molecule has 4 saturated heterocycles. The number of benzene rings is 4. The van der Waals surface area contributed by atoms with Gasteiger partial charge in [-0.15, -0.1) is 0 Å². The lowest BCUT2D eigenvalue weighted by atomic mass is 9.93. The molecule has 107 heavy (non-hydrogen) atoms. The van der Waals surface area contributed by atoms with Gasteiger partial charge in [0.2, 0.25) is 0 Å². The van der Waals surface area contributed by atoms with E-state index in [2.05, 4.69) is 15.3 Å². The molecule has 4 fully saturated rings. The number of piperazine rings is 2. The number of hydrogen-bond donors (Lipinski definition) is 1. The van der Waals surface area contributed by atoms with Crippen molar-refractivity contribution in [3.63, 3.8) is 0 Å². The summed E-state index contributed by atoms with van der Waals surface area (Å²) in [5.74, 6) is -7.91. The molecule has 6 aliphatic heterocycles. The number of likely N-dealkylation sites (N-methyl/N-ethyl adjacent to an activating group) is 1. The van der Waals surface area contributed by atoms with E-state index in [1.165, 1.54) is 67.2 Å². The minimum Gasteiger partial charge on any atom is -0.496 e. The van der Waals surface area contributed by atoms with Crippen LogP contribution in [-0.4, -0.2) is 179 Å².